The summed E-state index contributed by atoms with van der Waals surface area (Å²) in [6.07, 6.45) is 1.45. The normalized spacial score (nSPS) is 21.0. The molecule has 1 aromatic carbocycles. The van der Waals surface area contributed by atoms with Crippen molar-refractivity contribution in [3.63, 3.8) is 0 Å². The highest BCUT2D eigenvalue weighted by Crippen LogP contribution is 2.38. The standard InChI is InChI=1S/C17H23NO4/c1-4-11(3)22-15-7-10(2)5-6-12(15)9-18-16(19)13-8-14(13)17(20)21/h5-7,11,13-14H,4,8-9H2,1-3H3,(H,18,19)(H,20,21). The number of carbonyl (C=O) groups excluding carboxylic acids is 1. The fraction of sp³-hybridized carbons (Fsp3) is 0.529. The summed E-state index contributed by atoms with van der Waals surface area (Å²) in [5.74, 6) is -1.21. The Balaban J connectivity index is 1.97. The summed E-state index contributed by atoms with van der Waals surface area (Å²) < 4.78 is 5.90. The Labute approximate surface area is 130 Å². The molecule has 1 aromatic rings. The lowest BCUT2D eigenvalue weighted by molar-refractivity contribution is -0.140. The minimum atomic E-state index is -0.892. The number of hydrogen-bond acceptors (Lipinski definition) is 3. The molecule has 0 heterocycles. The van der Waals surface area contributed by atoms with Crippen LogP contribution in [-0.2, 0) is 16.1 Å². The zero-order chi connectivity index (χ0) is 16.3. The first-order valence-corrected chi connectivity index (χ1v) is 7.69. The van der Waals surface area contributed by atoms with Crippen LogP contribution in [0.4, 0.5) is 0 Å². The number of aryl methyl sites for hydroxylation is 1. The van der Waals surface area contributed by atoms with Crippen molar-refractivity contribution in [3.8, 4) is 5.75 Å². The first kappa shape index (κ1) is 16.3. The number of amides is 1. The molecular weight excluding hydrogens is 282 g/mol. The molecule has 0 aromatic heterocycles. The van der Waals surface area contributed by atoms with Gasteiger partial charge >= 0.3 is 5.97 Å². The van der Waals surface area contributed by atoms with Crippen molar-refractivity contribution >= 4 is 11.9 Å². The van der Waals surface area contributed by atoms with Crippen molar-refractivity contribution in [2.45, 2.75) is 46.3 Å². The van der Waals surface area contributed by atoms with Gasteiger partial charge in [-0.1, -0.05) is 19.1 Å². The topological polar surface area (TPSA) is 75.6 Å². The van der Waals surface area contributed by atoms with E-state index in [4.69, 9.17) is 9.84 Å². The quantitative estimate of drug-likeness (QED) is 0.811. The van der Waals surface area contributed by atoms with E-state index in [1.807, 2.05) is 32.0 Å². The van der Waals surface area contributed by atoms with Gasteiger partial charge < -0.3 is 15.2 Å². The van der Waals surface area contributed by atoms with Gasteiger partial charge in [0.1, 0.15) is 5.75 Å². The third kappa shape index (κ3) is 4.00. The van der Waals surface area contributed by atoms with E-state index in [0.29, 0.717) is 13.0 Å². The van der Waals surface area contributed by atoms with Gasteiger partial charge in [-0.3, -0.25) is 9.59 Å². The fourth-order valence-electron chi connectivity index (χ4n) is 2.29. The summed E-state index contributed by atoms with van der Waals surface area (Å²) in [6.45, 7) is 6.41. The minimum absolute atomic E-state index is 0.107. The maximum Gasteiger partial charge on any atom is 0.307 e. The van der Waals surface area contributed by atoms with Crippen LogP contribution in [0.15, 0.2) is 18.2 Å². The number of carboxylic acids is 1. The van der Waals surface area contributed by atoms with Gasteiger partial charge in [0.05, 0.1) is 17.9 Å². The van der Waals surface area contributed by atoms with Crippen LogP contribution in [-0.4, -0.2) is 23.1 Å². The van der Waals surface area contributed by atoms with Gasteiger partial charge in [-0.2, -0.15) is 0 Å². The molecule has 22 heavy (non-hydrogen) atoms. The molecule has 0 radical (unpaired) electrons. The SMILES string of the molecule is CCC(C)Oc1cc(C)ccc1CNC(=O)C1CC1C(=O)O. The summed E-state index contributed by atoms with van der Waals surface area (Å²) in [4.78, 5) is 22.7. The highest BCUT2D eigenvalue weighted by molar-refractivity contribution is 5.89. The number of hydrogen-bond donors (Lipinski definition) is 2. The molecule has 2 N–H and O–H groups in total. The third-order valence-corrected chi connectivity index (χ3v) is 4.02. The number of nitrogens with one attached hydrogen (secondary N) is 1. The smallest absolute Gasteiger partial charge is 0.307 e. The van der Waals surface area contributed by atoms with Crippen LogP contribution in [0.2, 0.25) is 0 Å². The summed E-state index contributed by atoms with van der Waals surface area (Å²) in [5.41, 5.74) is 2.01. The number of carbonyl (C=O) groups is 2. The Morgan fingerprint density at radius 3 is 2.73 bits per heavy atom. The molecule has 1 aliphatic rings. The van der Waals surface area contributed by atoms with Gasteiger partial charge in [0.25, 0.3) is 0 Å². The van der Waals surface area contributed by atoms with Crippen molar-refractivity contribution in [1.29, 1.82) is 0 Å². The highest BCUT2D eigenvalue weighted by atomic mass is 16.5. The molecular formula is C17H23NO4. The summed E-state index contributed by atoms with van der Waals surface area (Å²) in [5, 5.41) is 11.7. The molecule has 3 unspecified atom stereocenters. The lowest BCUT2D eigenvalue weighted by Crippen LogP contribution is -2.26. The maximum absolute atomic E-state index is 11.9. The molecule has 1 saturated carbocycles. The molecule has 1 fully saturated rings. The first-order valence-electron chi connectivity index (χ1n) is 7.69. The predicted molar refractivity (Wildman–Crippen MR) is 82.6 cm³/mol. The van der Waals surface area contributed by atoms with E-state index >= 15 is 0 Å². The lowest BCUT2D eigenvalue weighted by Gasteiger charge is -2.17. The molecule has 5 nitrogen and oxygen atoms in total. The first-order chi connectivity index (χ1) is 10.4. The third-order valence-electron chi connectivity index (χ3n) is 4.02. The van der Waals surface area contributed by atoms with Gasteiger partial charge in [0.2, 0.25) is 5.91 Å². The van der Waals surface area contributed by atoms with Gasteiger partial charge in [-0.25, -0.2) is 0 Å². The number of ether oxygens (including phenoxy) is 1. The second-order valence-corrected chi connectivity index (χ2v) is 5.95. The number of carboxylic acid groups (broad SMARTS) is 1. The van der Waals surface area contributed by atoms with Crippen LogP contribution in [0.25, 0.3) is 0 Å². The Morgan fingerprint density at radius 1 is 1.41 bits per heavy atom. The van der Waals surface area contributed by atoms with Crippen molar-refractivity contribution < 1.29 is 19.4 Å². The predicted octanol–water partition coefficient (Wildman–Crippen LogP) is 2.51. The van der Waals surface area contributed by atoms with Gasteiger partial charge in [-0.15, -0.1) is 0 Å². The largest absolute Gasteiger partial charge is 0.490 e. The lowest BCUT2D eigenvalue weighted by atomic mass is 10.1. The summed E-state index contributed by atoms with van der Waals surface area (Å²) >= 11 is 0. The Hall–Kier alpha value is -2.04. The molecule has 0 saturated heterocycles. The van der Waals surface area contributed by atoms with E-state index in [9.17, 15) is 9.59 Å². The highest BCUT2D eigenvalue weighted by Gasteiger charge is 2.48. The monoisotopic (exact) mass is 305 g/mol. The molecule has 120 valence electrons. The Kier molecular flexibility index (Phi) is 5.06. The minimum Gasteiger partial charge on any atom is -0.490 e. The maximum atomic E-state index is 11.9. The second-order valence-electron chi connectivity index (χ2n) is 5.95. The van der Waals surface area contributed by atoms with Crippen molar-refractivity contribution in [2.24, 2.45) is 11.8 Å². The van der Waals surface area contributed by atoms with Crippen LogP contribution in [0.1, 0.15) is 37.8 Å². The average molecular weight is 305 g/mol. The molecule has 1 aliphatic carbocycles. The molecule has 1 amide bonds. The molecule has 0 aliphatic heterocycles. The Bertz CT molecular complexity index is 570. The number of benzene rings is 1. The molecule has 0 bridgehead atoms. The van der Waals surface area contributed by atoms with E-state index in [1.54, 1.807) is 0 Å². The van der Waals surface area contributed by atoms with E-state index < -0.39 is 11.9 Å². The van der Waals surface area contributed by atoms with Gasteiger partial charge in [0, 0.05) is 12.1 Å². The number of rotatable bonds is 7. The van der Waals surface area contributed by atoms with Crippen LogP contribution >= 0.6 is 0 Å². The molecule has 2 rings (SSSR count). The molecule has 0 spiro atoms. The summed E-state index contributed by atoms with van der Waals surface area (Å²) in [6, 6.07) is 5.88. The van der Waals surface area contributed by atoms with E-state index in [2.05, 4.69) is 12.2 Å². The van der Waals surface area contributed by atoms with Gasteiger partial charge in [0.15, 0.2) is 0 Å². The van der Waals surface area contributed by atoms with Crippen molar-refractivity contribution in [3.05, 3.63) is 29.3 Å². The average Bonchev–Trinajstić information content (AvgIpc) is 3.26. The number of aliphatic carboxylic acids is 1. The zero-order valence-corrected chi connectivity index (χ0v) is 13.3. The molecule has 3 atom stereocenters. The fourth-order valence-corrected chi connectivity index (χ4v) is 2.29. The second kappa shape index (κ2) is 6.81. The van der Waals surface area contributed by atoms with Crippen LogP contribution < -0.4 is 10.1 Å². The van der Waals surface area contributed by atoms with E-state index in [-0.39, 0.29) is 17.9 Å². The van der Waals surface area contributed by atoms with Crippen LogP contribution in [0, 0.1) is 18.8 Å². The van der Waals surface area contributed by atoms with Crippen molar-refractivity contribution in [2.75, 3.05) is 0 Å². The van der Waals surface area contributed by atoms with Crippen LogP contribution in [0.3, 0.4) is 0 Å². The van der Waals surface area contributed by atoms with E-state index in [0.717, 1.165) is 23.3 Å². The summed E-state index contributed by atoms with van der Waals surface area (Å²) in [7, 11) is 0. The zero-order valence-electron chi connectivity index (χ0n) is 13.3. The van der Waals surface area contributed by atoms with Crippen LogP contribution in [0.5, 0.6) is 5.75 Å². The molecule has 5 heteroatoms. The van der Waals surface area contributed by atoms with E-state index in [1.165, 1.54) is 0 Å². The van der Waals surface area contributed by atoms with Gasteiger partial charge in [-0.05, 0) is 38.3 Å². The van der Waals surface area contributed by atoms with Crippen molar-refractivity contribution in [1.82, 2.24) is 5.32 Å². The Morgan fingerprint density at radius 2 is 2.14 bits per heavy atom.